The number of benzene rings is 2. The lowest BCUT2D eigenvalue weighted by Crippen LogP contribution is -2.17. The first-order valence-corrected chi connectivity index (χ1v) is 8.72. The summed E-state index contributed by atoms with van der Waals surface area (Å²) in [7, 11) is 0. The van der Waals surface area contributed by atoms with Gasteiger partial charge in [-0.15, -0.1) is 0 Å². The highest BCUT2D eigenvalue weighted by atomic mass is 16.2. The molecule has 0 fully saturated rings. The van der Waals surface area contributed by atoms with Crippen molar-refractivity contribution in [2.75, 3.05) is 5.32 Å². The van der Waals surface area contributed by atoms with Gasteiger partial charge in [0.05, 0.1) is 16.8 Å². The van der Waals surface area contributed by atoms with Gasteiger partial charge < -0.3 is 9.88 Å². The van der Waals surface area contributed by atoms with Crippen molar-refractivity contribution < 1.29 is 4.79 Å². The first-order valence-electron chi connectivity index (χ1n) is 8.72. The van der Waals surface area contributed by atoms with Crippen LogP contribution < -0.4 is 10.9 Å². The molecule has 134 valence electrons. The number of rotatable bonds is 4. The molecule has 1 amide bonds. The molecule has 1 N–H and O–H groups in total. The number of hydrogen-bond acceptors (Lipinski definition) is 3. The molecule has 4 rings (SSSR count). The van der Waals surface area contributed by atoms with Crippen LogP contribution >= 0.6 is 0 Å². The molecule has 6 nitrogen and oxygen atoms in total. The molecule has 0 saturated heterocycles. The van der Waals surface area contributed by atoms with Crippen LogP contribution in [-0.2, 0) is 6.54 Å². The molecule has 0 bridgehead atoms. The van der Waals surface area contributed by atoms with Crippen molar-refractivity contribution in [1.29, 1.82) is 0 Å². The number of aryl methyl sites for hydroxylation is 1. The van der Waals surface area contributed by atoms with Crippen LogP contribution in [0.15, 0.2) is 77.9 Å². The van der Waals surface area contributed by atoms with E-state index in [-0.39, 0.29) is 11.5 Å². The Balaban J connectivity index is 1.85. The molecule has 2 aromatic rings. The van der Waals surface area contributed by atoms with Crippen LogP contribution in [-0.4, -0.2) is 20.3 Å². The number of aromatic nitrogens is 3. The zero-order chi connectivity index (χ0) is 18.8. The fourth-order valence-corrected chi connectivity index (χ4v) is 2.97. The van der Waals surface area contributed by atoms with Crippen molar-refractivity contribution in [3.05, 3.63) is 89.0 Å². The standard InChI is InChI=1S/C21H18N4O2/c1-2-24-13-17(20(26)22-15-9-5-3-6-10-15)19-18(14-24)21(27)25(23-19)16-11-7-4-8-12-16/h3-14H,2H2,1H3,(H,22,26). The highest BCUT2D eigenvalue weighted by Gasteiger charge is 2.24. The molecule has 2 heterocycles. The Bertz CT molecular complexity index is 1110. The lowest BCUT2D eigenvalue weighted by molar-refractivity contribution is 0.102. The molecular formula is C21H18N4O2. The summed E-state index contributed by atoms with van der Waals surface area (Å²) in [5.74, 6) is -0.299. The molecule has 0 unspecified atom stereocenters. The number of carbonyl (C=O) groups is 1. The third-order valence-electron chi connectivity index (χ3n) is 4.37. The maximum Gasteiger partial charge on any atom is 0.282 e. The first-order chi connectivity index (χ1) is 13.2. The van der Waals surface area contributed by atoms with Crippen LogP contribution in [0.4, 0.5) is 5.69 Å². The largest absolute Gasteiger partial charge is 0.353 e. The maximum absolute atomic E-state index is 12.9. The highest BCUT2D eigenvalue weighted by Crippen LogP contribution is 2.23. The van der Waals surface area contributed by atoms with Gasteiger partial charge in [-0.2, -0.15) is 9.78 Å². The van der Waals surface area contributed by atoms with Gasteiger partial charge in [0.15, 0.2) is 0 Å². The Labute approximate surface area is 156 Å². The molecule has 2 aromatic carbocycles. The van der Waals surface area contributed by atoms with Crippen LogP contribution in [0.5, 0.6) is 0 Å². The predicted octanol–water partition coefficient (Wildman–Crippen LogP) is 3.41. The van der Waals surface area contributed by atoms with E-state index in [1.165, 1.54) is 4.68 Å². The third-order valence-corrected chi connectivity index (χ3v) is 4.37. The fourth-order valence-electron chi connectivity index (χ4n) is 2.97. The van der Waals surface area contributed by atoms with Gasteiger partial charge in [-0.3, -0.25) is 9.59 Å². The summed E-state index contributed by atoms with van der Waals surface area (Å²) in [6.45, 7) is 2.59. The molecule has 2 aliphatic heterocycles. The second kappa shape index (κ2) is 6.92. The molecule has 6 heteroatoms. The van der Waals surface area contributed by atoms with Crippen LogP contribution in [0.2, 0.25) is 0 Å². The number of fused-ring (bicyclic) bond motifs is 1. The van der Waals surface area contributed by atoms with Crippen molar-refractivity contribution in [2.45, 2.75) is 13.5 Å². The molecular weight excluding hydrogens is 340 g/mol. The van der Waals surface area contributed by atoms with Crippen LogP contribution in [0.1, 0.15) is 17.3 Å². The van der Waals surface area contributed by atoms with E-state index in [4.69, 9.17) is 0 Å². The average Bonchev–Trinajstić information content (AvgIpc) is 3.05. The second-order valence-corrected chi connectivity index (χ2v) is 6.14. The molecule has 0 spiro atoms. The predicted molar refractivity (Wildman–Crippen MR) is 105 cm³/mol. The molecule has 2 aliphatic rings. The van der Waals surface area contributed by atoms with Crippen molar-refractivity contribution in [2.24, 2.45) is 0 Å². The summed E-state index contributed by atoms with van der Waals surface area (Å²) in [6.07, 6.45) is 3.46. The number of amides is 1. The molecule has 0 saturated carbocycles. The van der Waals surface area contributed by atoms with Crippen molar-refractivity contribution in [3.8, 4) is 16.9 Å². The van der Waals surface area contributed by atoms with Crippen LogP contribution in [0.25, 0.3) is 16.9 Å². The van der Waals surface area contributed by atoms with Gasteiger partial charge in [0.1, 0.15) is 5.69 Å². The second-order valence-electron chi connectivity index (χ2n) is 6.14. The van der Waals surface area contributed by atoms with E-state index in [1.54, 1.807) is 12.4 Å². The van der Waals surface area contributed by atoms with Gasteiger partial charge in [-0.1, -0.05) is 36.4 Å². The average molecular weight is 358 g/mol. The van der Waals surface area contributed by atoms with Crippen molar-refractivity contribution in [3.63, 3.8) is 0 Å². The van der Waals surface area contributed by atoms with Gasteiger partial charge in [0.25, 0.3) is 11.5 Å². The Morgan fingerprint density at radius 2 is 1.67 bits per heavy atom. The molecule has 0 aromatic heterocycles. The smallest absolute Gasteiger partial charge is 0.282 e. The SMILES string of the molecule is CCn1cc(C(=O)Nc2ccccc2)c2nn(-c3ccccc3)c(=O)c-2c1. The van der Waals surface area contributed by atoms with Gasteiger partial charge in [-0.25, -0.2) is 0 Å². The van der Waals surface area contributed by atoms with E-state index in [1.807, 2.05) is 72.2 Å². The number of carbonyl (C=O) groups excluding carboxylic acids is 1. The van der Waals surface area contributed by atoms with E-state index in [0.717, 1.165) is 0 Å². The van der Waals surface area contributed by atoms with Gasteiger partial charge in [0.2, 0.25) is 0 Å². The minimum atomic E-state index is -0.299. The van der Waals surface area contributed by atoms with Gasteiger partial charge in [-0.05, 0) is 31.2 Å². The highest BCUT2D eigenvalue weighted by molar-refractivity contribution is 6.08. The number of nitrogens with one attached hydrogen (secondary N) is 1. The number of pyridine rings is 1. The fraction of sp³-hybridized carbons (Fsp3) is 0.0952. The quantitative estimate of drug-likeness (QED) is 0.608. The summed E-state index contributed by atoms with van der Waals surface area (Å²) in [6, 6.07) is 18.4. The van der Waals surface area contributed by atoms with E-state index in [0.29, 0.717) is 34.7 Å². The van der Waals surface area contributed by atoms with E-state index < -0.39 is 0 Å². The topological polar surface area (TPSA) is 68.9 Å². The maximum atomic E-state index is 12.9. The normalized spacial score (nSPS) is 10.9. The van der Waals surface area contributed by atoms with Crippen LogP contribution in [0.3, 0.4) is 0 Å². The summed E-state index contributed by atoms with van der Waals surface area (Å²) in [4.78, 5) is 25.8. The summed E-state index contributed by atoms with van der Waals surface area (Å²) in [5.41, 5.74) is 2.28. The Morgan fingerprint density at radius 1 is 1.00 bits per heavy atom. The third kappa shape index (κ3) is 3.13. The number of para-hydroxylation sites is 2. The lowest BCUT2D eigenvalue weighted by Gasteiger charge is -2.11. The Hall–Kier alpha value is -3.67. The molecule has 0 radical (unpaired) electrons. The zero-order valence-electron chi connectivity index (χ0n) is 14.8. The number of hydrogen-bond donors (Lipinski definition) is 1. The van der Waals surface area contributed by atoms with E-state index in [9.17, 15) is 9.59 Å². The number of nitrogens with zero attached hydrogens (tertiary/aromatic N) is 3. The van der Waals surface area contributed by atoms with Crippen molar-refractivity contribution >= 4 is 11.6 Å². The Kier molecular flexibility index (Phi) is 4.30. The summed E-state index contributed by atoms with van der Waals surface area (Å²) < 4.78 is 3.16. The zero-order valence-corrected chi connectivity index (χ0v) is 14.8. The Morgan fingerprint density at radius 3 is 2.33 bits per heavy atom. The van der Waals surface area contributed by atoms with Crippen molar-refractivity contribution in [1.82, 2.24) is 14.3 Å². The monoisotopic (exact) mass is 358 g/mol. The molecule has 0 aliphatic carbocycles. The van der Waals surface area contributed by atoms with E-state index >= 15 is 0 Å². The lowest BCUT2D eigenvalue weighted by atomic mass is 10.1. The van der Waals surface area contributed by atoms with Crippen LogP contribution in [0, 0.1) is 0 Å². The molecule has 27 heavy (non-hydrogen) atoms. The first kappa shape index (κ1) is 16.8. The van der Waals surface area contributed by atoms with E-state index in [2.05, 4.69) is 10.4 Å². The minimum absolute atomic E-state index is 0.243. The minimum Gasteiger partial charge on any atom is -0.353 e. The summed E-state index contributed by atoms with van der Waals surface area (Å²) in [5, 5.41) is 7.32. The molecule has 0 atom stereocenters. The number of anilines is 1. The summed E-state index contributed by atoms with van der Waals surface area (Å²) >= 11 is 0. The van der Waals surface area contributed by atoms with Gasteiger partial charge in [0, 0.05) is 24.6 Å². The van der Waals surface area contributed by atoms with Gasteiger partial charge >= 0.3 is 0 Å².